The number of anilines is 1. The average molecular weight is 320 g/mol. The highest BCUT2D eigenvalue weighted by atomic mass is 16.5. The van der Waals surface area contributed by atoms with Crippen molar-refractivity contribution in [3.05, 3.63) is 24.3 Å². The number of rotatable bonds is 7. The molecule has 1 atom stereocenters. The van der Waals surface area contributed by atoms with Gasteiger partial charge in [0.05, 0.1) is 0 Å². The SMILES string of the molecule is CC(=O)Nc1ccc(OC[C@@H](O)CNC2CCCCCC2)cc1. The molecule has 0 heterocycles. The van der Waals surface area contributed by atoms with E-state index in [0.29, 0.717) is 18.3 Å². The second-order valence-electron chi connectivity index (χ2n) is 6.27. The van der Waals surface area contributed by atoms with Crippen molar-refractivity contribution in [2.45, 2.75) is 57.6 Å². The largest absolute Gasteiger partial charge is 0.491 e. The fraction of sp³-hybridized carbons (Fsp3) is 0.611. The number of carbonyl (C=O) groups excluding carboxylic acids is 1. The van der Waals surface area contributed by atoms with Crippen LogP contribution in [0, 0.1) is 0 Å². The number of benzene rings is 1. The predicted octanol–water partition coefficient (Wildman–Crippen LogP) is 2.70. The lowest BCUT2D eigenvalue weighted by molar-refractivity contribution is -0.114. The molecule has 0 aliphatic heterocycles. The monoisotopic (exact) mass is 320 g/mol. The van der Waals surface area contributed by atoms with Crippen molar-refractivity contribution < 1.29 is 14.6 Å². The van der Waals surface area contributed by atoms with E-state index in [4.69, 9.17) is 4.74 Å². The normalized spacial score (nSPS) is 17.3. The molecule has 0 spiro atoms. The number of amides is 1. The number of aliphatic hydroxyl groups is 1. The van der Waals surface area contributed by atoms with Gasteiger partial charge < -0.3 is 20.5 Å². The highest BCUT2D eigenvalue weighted by Gasteiger charge is 2.13. The van der Waals surface area contributed by atoms with E-state index >= 15 is 0 Å². The van der Waals surface area contributed by atoms with Crippen molar-refractivity contribution >= 4 is 11.6 Å². The van der Waals surface area contributed by atoms with Crippen LogP contribution in [-0.2, 0) is 4.79 Å². The molecule has 0 aromatic heterocycles. The molecule has 0 unspecified atom stereocenters. The van der Waals surface area contributed by atoms with Gasteiger partial charge in [0.1, 0.15) is 18.5 Å². The van der Waals surface area contributed by atoms with Gasteiger partial charge in [-0.1, -0.05) is 25.7 Å². The first-order valence-corrected chi connectivity index (χ1v) is 8.55. The summed E-state index contributed by atoms with van der Waals surface area (Å²) < 4.78 is 5.59. The van der Waals surface area contributed by atoms with Crippen LogP contribution in [0.25, 0.3) is 0 Å². The molecule has 3 N–H and O–H groups in total. The zero-order valence-corrected chi connectivity index (χ0v) is 13.9. The zero-order valence-electron chi connectivity index (χ0n) is 13.9. The van der Waals surface area contributed by atoms with E-state index in [9.17, 15) is 9.90 Å². The molecule has 0 bridgehead atoms. The smallest absolute Gasteiger partial charge is 0.221 e. The van der Waals surface area contributed by atoms with Crippen LogP contribution in [0.5, 0.6) is 5.75 Å². The van der Waals surface area contributed by atoms with Crippen molar-refractivity contribution in [2.24, 2.45) is 0 Å². The van der Waals surface area contributed by atoms with Crippen molar-refractivity contribution in [1.82, 2.24) is 5.32 Å². The fourth-order valence-corrected chi connectivity index (χ4v) is 2.88. The quantitative estimate of drug-likeness (QED) is 0.676. The second-order valence-corrected chi connectivity index (χ2v) is 6.27. The van der Waals surface area contributed by atoms with E-state index in [2.05, 4.69) is 10.6 Å². The maximum absolute atomic E-state index is 11.0. The van der Waals surface area contributed by atoms with E-state index in [1.807, 2.05) is 0 Å². The van der Waals surface area contributed by atoms with Crippen molar-refractivity contribution in [3.8, 4) is 5.75 Å². The summed E-state index contributed by atoms with van der Waals surface area (Å²) in [6.45, 7) is 2.30. The van der Waals surface area contributed by atoms with E-state index in [1.54, 1.807) is 24.3 Å². The summed E-state index contributed by atoms with van der Waals surface area (Å²) in [4.78, 5) is 11.0. The minimum absolute atomic E-state index is 0.0984. The van der Waals surface area contributed by atoms with E-state index in [1.165, 1.54) is 45.4 Å². The lowest BCUT2D eigenvalue weighted by atomic mass is 10.1. The molecular weight excluding hydrogens is 292 g/mol. The molecule has 0 saturated heterocycles. The van der Waals surface area contributed by atoms with Gasteiger partial charge in [-0.3, -0.25) is 4.79 Å². The molecule has 2 rings (SSSR count). The molecule has 0 radical (unpaired) electrons. The molecule has 5 nitrogen and oxygen atoms in total. The van der Waals surface area contributed by atoms with Gasteiger partial charge in [0.25, 0.3) is 0 Å². The van der Waals surface area contributed by atoms with Gasteiger partial charge in [0.15, 0.2) is 0 Å². The van der Waals surface area contributed by atoms with Crippen LogP contribution < -0.4 is 15.4 Å². The number of hydrogen-bond acceptors (Lipinski definition) is 4. The maximum Gasteiger partial charge on any atom is 0.221 e. The number of hydrogen-bond donors (Lipinski definition) is 3. The van der Waals surface area contributed by atoms with Gasteiger partial charge >= 0.3 is 0 Å². The Morgan fingerprint density at radius 1 is 1.22 bits per heavy atom. The van der Waals surface area contributed by atoms with Gasteiger partial charge in [-0.15, -0.1) is 0 Å². The zero-order chi connectivity index (χ0) is 16.5. The molecule has 5 heteroatoms. The van der Waals surface area contributed by atoms with Crippen LogP contribution in [-0.4, -0.2) is 36.3 Å². The van der Waals surface area contributed by atoms with Crippen LogP contribution in [0.1, 0.15) is 45.4 Å². The summed E-state index contributed by atoms with van der Waals surface area (Å²) in [5, 5.41) is 16.2. The molecule has 1 aliphatic rings. The summed E-state index contributed by atoms with van der Waals surface area (Å²) in [6.07, 6.45) is 7.12. The first-order valence-electron chi connectivity index (χ1n) is 8.55. The Balaban J connectivity index is 1.67. The molecule has 1 amide bonds. The Morgan fingerprint density at radius 2 is 1.87 bits per heavy atom. The van der Waals surface area contributed by atoms with E-state index in [0.717, 1.165) is 5.69 Å². The van der Waals surface area contributed by atoms with Crippen LogP contribution in [0.15, 0.2) is 24.3 Å². The van der Waals surface area contributed by atoms with Gasteiger partial charge in [-0.25, -0.2) is 0 Å². The lowest BCUT2D eigenvalue weighted by Crippen LogP contribution is -2.37. The summed E-state index contributed by atoms with van der Waals surface area (Å²) in [7, 11) is 0. The second kappa shape index (κ2) is 9.53. The third-order valence-electron chi connectivity index (χ3n) is 4.11. The molecule has 1 aliphatic carbocycles. The minimum atomic E-state index is -0.520. The topological polar surface area (TPSA) is 70.6 Å². The maximum atomic E-state index is 11.0. The number of aliphatic hydroxyl groups excluding tert-OH is 1. The average Bonchev–Trinajstić information content (AvgIpc) is 2.80. The fourth-order valence-electron chi connectivity index (χ4n) is 2.88. The Hall–Kier alpha value is -1.59. The van der Waals surface area contributed by atoms with Gasteiger partial charge in [-0.2, -0.15) is 0 Å². The Kier molecular flexibility index (Phi) is 7.36. The molecule has 23 heavy (non-hydrogen) atoms. The lowest BCUT2D eigenvalue weighted by Gasteiger charge is -2.19. The third-order valence-corrected chi connectivity index (χ3v) is 4.11. The summed E-state index contributed by atoms with van der Waals surface area (Å²) >= 11 is 0. The highest BCUT2D eigenvalue weighted by molar-refractivity contribution is 5.88. The van der Waals surface area contributed by atoms with Crippen LogP contribution in [0.2, 0.25) is 0 Å². The van der Waals surface area contributed by atoms with Gasteiger partial charge in [0, 0.05) is 25.2 Å². The van der Waals surface area contributed by atoms with Gasteiger partial charge in [0.2, 0.25) is 5.91 Å². The first-order chi connectivity index (χ1) is 11.1. The summed E-state index contributed by atoms with van der Waals surface area (Å²) in [6, 6.07) is 7.68. The van der Waals surface area contributed by atoms with Gasteiger partial charge in [-0.05, 0) is 37.1 Å². The molecule has 128 valence electrons. The third kappa shape index (κ3) is 7.01. The van der Waals surface area contributed by atoms with Crippen LogP contribution >= 0.6 is 0 Å². The Bertz CT molecular complexity index is 468. The molecular formula is C18H28N2O3. The Morgan fingerprint density at radius 3 is 2.48 bits per heavy atom. The number of nitrogens with one attached hydrogen (secondary N) is 2. The number of carbonyl (C=O) groups is 1. The summed E-state index contributed by atoms with van der Waals surface area (Å²) in [5.74, 6) is 0.589. The highest BCUT2D eigenvalue weighted by Crippen LogP contribution is 2.18. The van der Waals surface area contributed by atoms with Crippen molar-refractivity contribution in [1.29, 1.82) is 0 Å². The van der Waals surface area contributed by atoms with E-state index < -0.39 is 6.10 Å². The summed E-state index contributed by atoms with van der Waals surface area (Å²) in [5.41, 5.74) is 0.737. The standard InChI is InChI=1S/C18H28N2O3/c1-14(21)20-16-8-10-18(11-9-16)23-13-17(22)12-19-15-6-4-2-3-5-7-15/h8-11,15,17,19,22H,2-7,12-13H2,1H3,(H,20,21)/t17-/m0/s1. The van der Waals surface area contributed by atoms with Crippen LogP contribution in [0.3, 0.4) is 0 Å². The van der Waals surface area contributed by atoms with Crippen LogP contribution in [0.4, 0.5) is 5.69 Å². The minimum Gasteiger partial charge on any atom is -0.491 e. The first kappa shape index (κ1) is 17.8. The Labute approximate surface area is 138 Å². The van der Waals surface area contributed by atoms with Crippen molar-refractivity contribution in [2.75, 3.05) is 18.5 Å². The van der Waals surface area contributed by atoms with Crippen molar-refractivity contribution in [3.63, 3.8) is 0 Å². The predicted molar refractivity (Wildman–Crippen MR) is 91.7 cm³/mol. The molecule has 1 aromatic carbocycles. The van der Waals surface area contributed by atoms with E-state index in [-0.39, 0.29) is 12.5 Å². The molecule has 1 fully saturated rings. The molecule has 1 saturated carbocycles. The molecule has 1 aromatic rings. The number of ether oxygens (including phenoxy) is 1.